The van der Waals surface area contributed by atoms with Crippen molar-refractivity contribution in [3.8, 4) is 0 Å². The summed E-state index contributed by atoms with van der Waals surface area (Å²) >= 11 is 7.05. The molecule has 3 rings (SSSR count). The standard InChI is InChI=1S/C19H17ClN2O3S2/c20-15-8-4-9-16(13-15)21-19(23)17(12-14-6-2-1-3-7-14)22-27(24,25)18-10-5-11-26-18/h1-11,13,17,22H,12H2,(H,21,23)/t17-/m0/s1. The van der Waals surface area contributed by atoms with Gasteiger partial charge in [-0.1, -0.05) is 54.1 Å². The zero-order valence-corrected chi connectivity index (χ0v) is 16.5. The van der Waals surface area contributed by atoms with E-state index < -0.39 is 22.0 Å². The van der Waals surface area contributed by atoms with Crippen LogP contribution in [0.3, 0.4) is 0 Å². The van der Waals surface area contributed by atoms with Crippen LogP contribution in [0.25, 0.3) is 0 Å². The van der Waals surface area contributed by atoms with Gasteiger partial charge in [0, 0.05) is 10.7 Å². The van der Waals surface area contributed by atoms with Crippen LogP contribution in [-0.2, 0) is 21.2 Å². The Kier molecular flexibility index (Phi) is 6.28. The first kappa shape index (κ1) is 19.6. The van der Waals surface area contributed by atoms with E-state index in [0.717, 1.165) is 16.9 Å². The lowest BCUT2D eigenvalue weighted by Gasteiger charge is -2.18. The molecule has 0 saturated carbocycles. The zero-order chi connectivity index (χ0) is 19.3. The van der Waals surface area contributed by atoms with E-state index in [2.05, 4.69) is 10.0 Å². The highest BCUT2D eigenvalue weighted by molar-refractivity contribution is 7.91. The van der Waals surface area contributed by atoms with Crippen molar-refractivity contribution in [2.24, 2.45) is 0 Å². The minimum atomic E-state index is -3.80. The van der Waals surface area contributed by atoms with E-state index >= 15 is 0 Å². The molecule has 0 radical (unpaired) electrons. The summed E-state index contributed by atoms with van der Waals surface area (Å²) in [5.74, 6) is -0.457. The summed E-state index contributed by atoms with van der Waals surface area (Å²) in [6.45, 7) is 0. The second-order valence-electron chi connectivity index (χ2n) is 5.80. The number of benzene rings is 2. The van der Waals surface area contributed by atoms with Crippen molar-refractivity contribution in [1.82, 2.24) is 4.72 Å². The number of rotatable bonds is 7. The molecule has 1 heterocycles. The Morgan fingerprint density at radius 3 is 2.48 bits per heavy atom. The highest BCUT2D eigenvalue weighted by atomic mass is 35.5. The van der Waals surface area contributed by atoms with Crippen LogP contribution >= 0.6 is 22.9 Å². The van der Waals surface area contributed by atoms with Crippen LogP contribution in [-0.4, -0.2) is 20.4 Å². The van der Waals surface area contributed by atoms with Crippen LogP contribution in [0.2, 0.25) is 5.02 Å². The maximum atomic E-state index is 12.8. The second kappa shape index (κ2) is 8.67. The third-order valence-corrected chi connectivity index (χ3v) is 6.85. The lowest BCUT2D eigenvalue weighted by atomic mass is 10.1. The molecule has 8 heteroatoms. The van der Waals surface area contributed by atoms with Gasteiger partial charge in [0.25, 0.3) is 10.0 Å². The van der Waals surface area contributed by atoms with E-state index in [0.29, 0.717) is 10.7 Å². The maximum absolute atomic E-state index is 12.8. The fourth-order valence-corrected chi connectivity index (χ4v) is 4.89. The van der Waals surface area contributed by atoms with Gasteiger partial charge in [-0.3, -0.25) is 4.79 Å². The van der Waals surface area contributed by atoms with Crippen molar-refractivity contribution in [3.63, 3.8) is 0 Å². The van der Waals surface area contributed by atoms with Crippen molar-refractivity contribution in [3.05, 3.63) is 82.7 Å². The van der Waals surface area contributed by atoms with E-state index in [9.17, 15) is 13.2 Å². The molecule has 27 heavy (non-hydrogen) atoms. The number of carbonyl (C=O) groups is 1. The average molecular weight is 421 g/mol. The predicted octanol–water partition coefficient (Wildman–Crippen LogP) is 3.93. The number of sulfonamides is 1. The highest BCUT2D eigenvalue weighted by Crippen LogP contribution is 2.18. The number of halogens is 1. The molecule has 140 valence electrons. The lowest BCUT2D eigenvalue weighted by Crippen LogP contribution is -2.45. The van der Waals surface area contributed by atoms with E-state index in [1.54, 1.807) is 35.7 Å². The quantitative estimate of drug-likeness (QED) is 0.608. The molecule has 0 unspecified atom stereocenters. The first-order valence-corrected chi connectivity index (χ1v) is 10.8. The zero-order valence-electron chi connectivity index (χ0n) is 14.1. The fraction of sp³-hybridized carbons (Fsp3) is 0.105. The van der Waals surface area contributed by atoms with E-state index in [1.807, 2.05) is 30.3 Å². The molecule has 1 aromatic heterocycles. The smallest absolute Gasteiger partial charge is 0.250 e. The first-order chi connectivity index (χ1) is 12.9. The summed E-state index contributed by atoms with van der Waals surface area (Å²) in [5, 5.41) is 4.88. The van der Waals surface area contributed by atoms with Gasteiger partial charge >= 0.3 is 0 Å². The molecule has 0 saturated heterocycles. The summed E-state index contributed by atoms with van der Waals surface area (Å²) in [5.41, 5.74) is 1.35. The Hall–Kier alpha value is -2.19. The number of hydrogen-bond acceptors (Lipinski definition) is 4. The Morgan fingerprint density at radius 2 is 1.81 bits per heavy atom. The number of thiophene rings is 1. The molecular formula is C19H17ClN2O3S2. The molecule has 0 aliphatic carbocycles. The molecule has 0 spiro atoms. The van der Waals surface area contributed by atoms with Crippen LogP contribution in [0, 0.1) is 0 Å². The summed E-state index contributed by atoms with van der Waals surface area (Å²) in [4.78, 5) is 12.8. The van der Waals surface area contributed by atoms with Crippen molar-refractivity contribution in [2.45, 2.75) is 16.7 Å². The van der Waals surface area contributed by atoms with Crippen LogP contribution in [0.4, 0.5) is 5.69 Å². The Morgan fingerprint density at radius 1 is 1.04 bits per heavy atom. The van der Waals surface area contributed by atoms with Crippen molar-refractivity contribution in [2.75, 3.05) is 5.32 Å². The number of carbonyl (C=O) groups excluding carboxylic acids is 1. The van der Waals surface area contributed by atoms with Crippen molar-refractivity contribution >= 4 is 44.6 Å². The minimum absolute atomic E-state index is 0.163. The average Bonchev–Trinajstić information content (AvgIpc) is 3.17. The molecule has 2 N–H and O–H groups in total. The topological polar surface area (TPSA) is 75.3 Å². The summed E-state index contributed by atoms with van der Waals surface area (Å²) < 4.78 is 27.9. The molecule has 1 amide bonds. The van der Waals surface area contributed by atoms with Crippen LogP contribution < -0.4 is 10.0 Å². The first-order valence-electron chi connectivity index (χ1n) is 8.10. The normalized spacial score (nSPS) is 12.5. The molecule has 0 aliphatic rings. The third kappa shape index (κ3) is 5.40. The highest BCUT2D eigenvalue weighted by Gasteiger charge is 2.26. The molecule has 5 nitrogen and oxygen atoms in total. The van der Waals surface area contributed by atoms with Gasteiger partial charge in [-0.2, -0.15) is 4.72 Å². The molecule has 0 fully saturated rings. The number of hydrogen-bond donors (Lipinski definition) is 2. The molecule has 2 aromatic carbocycles. The second-order valence-corrected chi connectivity index (χ2v) is 9.12. The van der Waals surface area contributed by atoms with Gasteiger partial charge in [0.05, 0.1) is 0 Å². The van der Waals surface area contributed by atoms with Crippen molar-refractivity contribution in [1.29, 1.82) is 0 Å². The van der Waals surface area contributed by atoms with Gasteiger partial charge in [0.2, 0.25) is 5.91 Å². The van der Waals surface area contributed by atoms with Gasteiger partial charge in [-0.25, -0.2) is 8.42 Å². The van der Waals surface area contributed by atoms with Gasteiger partial charge in [-0.05, 0) is 41.6 Å². The SMILES string of the molecule is O=C(Nc1cccc(Cl)c1)[C@H](Cc1ccccc1)NS(=O)(=O)c1cccs1. The fourth-order valence-electron chi connectivity index (χ4n) is 2.50. The van der Waals surface area contributed by atoms with Crippen LogP contribution in [0.15, 0.2) is 76.3 Å². The van der Waals surface area contributed by atoms with Gasteiger partial charge in [-0.15, -0.1) is 11.3 Å². The predicted molar refractivity (Wildman–Crippen MR) is 109 cm³/mol. The molecule has 0 bridgehead atoms. The monoisotopic (exact) mass is 420 g/mol. The van der Waals surface area contributed by atoms with E-state index in [1.165, 1.54) is 6.07 Å². The maximum Gasteiger partial charge on any atom is 0.250 e. The number of anilines is 1. The largest absolute Gasteiger partial charge is 0.325 e. The Balaban J connectivity index is 1.83. The van der Waals surface area contributed by atoms with E-state index in [-0.39, 0.29) is 10.6 Å². The van der Waals surface area contributed by atoms with Crippen LogP contribution in [0.1, 0.15) is 5.56 Å². The van der Waals surface area contributed by atoms with Gasteiger partial charge in [0.1, 0.15) is 10.3 Å². The lowest BCUT2D eigenvalue weighted by molar-refractivity contribution is -0.117. The Bertz CT molecular complexity index is 1010. The minimum Gasteiger partial charge on any atom is -0.325 e. The summed E-state index contributed by atoms with van der Waals surface area (Å²) in [6, 6.07) is 18.1. The molecular weight excluding hydrogens is 404 g/mol. The van der Waals surface area contributed by atoms with Crippen LogP contribution in [0.5, 0.6) is 0 Å². The van der Waals surface area contributed by atoms with Crippen molar-refractivity contribution < 1.29 is 13.2 Å². The molecule has 0 aliphatic heterocycles. The Labute approximate surface area is 167 Å². The van der Waals surface area contributed by atoms with Gasteiger partial charge < -0.3 is 5.32 Å². The molecule has 1 atom stereocenters. The third-order valence-electron chi connectivity index (χ3n) is 3.75. The summed E-state index contributed by atoms with van der Waals surface area (Å²) in [6.07, 6.45) is 0.220. The molecule has 3 aromatic rings. The number of nitrogens with one attached hydrogen (secondary N) is 2. The summed E-state index contributed by atoms with van der Waals surface area (Å²) in [7, 11) is -3.80. The van der Waals surface area contributed by atoms with Gasteiger partial charge in [0.15, 0.2) is 0 Å². The number of amides is 1. The van der Waals surface area contributed by atoms with E-state index in [4.69, 9.17) is 11.6 Å².